The SMILES string of the molecule is O=C(NCc1cccc(F)c1)C1COC2(CCCCC2)N1C(=O)c1cccc(F)c1. The van der Waals surface area contributed by atoms with Crippen LogP contribution in [0.25, 0.3) is 0 Å². The van der Waals surface area contributed by atoms with E-state index in [0.29, 0.717) is 18.4 Å². The van der Waals surface area contributed by atoms with Crippen LogP contribution in [0.5, 0.6) is 0 Å². The maximum atomic E-state index is 13.7. The fourth-order valence-electron chi connectivity index (χ4n) is 4.39. The quantitative estimate of drug-likeness (QED) is 0.828. The number of hydrogen-bond acceptors (Lipinski definition) is 3. The van der Waals surface area contributed by atoms with E-state index < -0.39 is 23.5 Å². The first kappa shape index (κ1) is 20.5. The lowest BCUT2D eigenvalue weighted by Gasteiger charge is -2.41. The number of hydrogen-bond donors (Lipinski definition) is 1. The van der Waals surface area contributed by atoms with Gasteiger partial charge in [0.1, 0.15) is 23.4 Å². The summed E-state index contributed by atoms with van der Waals surface area (Å²) < 4.78 is 33.2. The minimum absolute atomic E-state index is 0.0794. The van der Waals surface area contributed by atoms with Crippen LogP contribution in [0.4, 0.5) is 8.78 Å². The lowest BCUT2D eigenvalue weighted by molar-refractivity contribution is -0.127. The Balaban J connectivity index is 1.57. The average molecular weight is 414 g/mol. The van der Waals surface area contributed by atoms with Crippen LogP contribution in [-0.4, -0.2) is 35.1 Å². The second kappa shape index (κ2) is 8.52. The molecule has 2 aromatic rings. The van der Waals surface area contributed by atoms with Crippen LogP contribution < -0.4 is 5.32 Å². The largest absolute Gasteiger partial charge is 0.353 e. The maximum Gasteiger partial charge on any atom is 0.256 e. The number of rotatable bonds is 4. The van der Waals surface area contributed by atoms with E-state index in [4.69, 9.17) is 4.74 Å². The van der Waals surface area contributed by atoms with Crippen LogP contribution in [0.3, 0.4) is 0 Å². The molecule has 0 bridgehead atoms. The zero-order chi connectivity index (χ0) is 21.1. The second-order valence-corrected chi connectivity index (χ2v) is 7.87. The number of carbonyl (C=O) groups is 2. The third-order valence-electron chi connectivity index (χ3n) is 5.84. The molecule has 1 aliphatic heterocycles. The van der Waals surface area contributed by atoms with Crippen molar-refractivity contribution in [1.29, 1.82) is 0 Å². The summed E-state index contributed by atoms with van der Waals surface area (Å²) in [5.74, 6) is -1.67. The van der Waals surface area contributed by atoms with E-state index in [-0.39, 0.29) is 30.4 Å². The highest BCUT2D eigenvalue weighted by Crippen LogP contribution is 2.41. The summed E-state index contributed by atoms with van der Waals surface area (Å²) in [6.07, 6.45) is 4.11. The van der Waals surface area contributed by atoms with Gasteiger partial charge in [0.25, 0.3) is 5.91 Å². The Hall–Kier alpha value is -2.80. The molecule has 2 aromatic carbocycles. The Morgan fingerprint density at radius 1 is 1.03 bits per heavy atom. The van der Waals surface area contributed by atoms with Crippen molar-refractivity contribution in [3.8, 4) is 0 Å². The van der Waals surface area contributed by atoms with Gasteiger partial charge < -0.3 is 10.1 Å². The summed E-state index contributed by atoms with van der Waals surface area (Å²) in [4.78, 5) is 27.8. The first-order valence-electron chi connectivity index (χ1n) is 10.2. The summed E-state index contributed by atoms with van der Waals surface area (Å²) in [6.45, 7) is 0.220. The van der Waals surface area contributed by atoms with E-state index in [9.17, 15) is 18.4 Å². The minimum atomic E-state index is -0.845. The second-order valence-electron chi connectivity index (χ2n) is 7.87. The van der Waals surface area contributed by atoms with Gasteiger partial charge in [-0.3, -0.25) is 14.5 Å². The van der Waals surface area contributed by atoms with Crippen molar-refractivity contribution < 1.29 is 23.1 Å². The molecule has 0 aromatic heterocycles. The molecule has 2 amide bonds. The molecular formula is C23H24F2N2O3. The van der Waals surface area contributed by atoms with Gasteiger partial charge in [-0.2, -0.15) is 0 Å². The van der Waals surface area contributed by atoms with E-state index >= 15 is 0 Å². The molecule has 1 unspecified atom stereocenters. The van der Waals surface area contributed by atoms with E-state index in [2.05, 4.69) is 5.32 Å². The lowest BCUT2D eigenvalue weighted by Crippen LogP contribution is -2.56. The molecule has 1 saturated heterocycles. The van der Waals surface area contributed by atoms with Gasteiger partial charge in [0.15, 0.2) is 0 Å². The monoisotopic (exact) mass is 414 g/mol. The van der Waals surface area contributed by atoms with Crippen molar-refractivity contribution in [2.45, 2.75) is 50.4 Å². The summed E-state index contributed by atoms with van der Waals surface area (Å²) >= 11 is 0. The van der Waals surface area contributed by atoms with Crippen LogP contribution in [0.2, 0.25) is 0 Å². The summed E-state index contributed by atoms with van der Waals surface area (Å²) in [5, 5.41) is 2.78. The van der Waals surface area contributed by atoms with E-state index in [1.807, 2.05) is 0 Å². The number of benzene rings is 2. The Morgan fingerprint density at radius 3 is 2.43 bits per heavy atom. The maximum absolute atomic E-state index is 13.7. The highest BCUT2D eigenvalue weighted by atomic mass is 19.1. The summed E-state index contributed by atoms with van der Waals surface area (Å²) in [7, 11) is 0. The van der Waals surface area contributed by atoms with Crippen LogP contribution in [0.1, 0.15) is 48.0 Å². The van der Waals surface area contributed by atoms with Gasteiger partial charge in [0, 0.05) is 12.1 Å². The molecule has 1 atom stereocenters. The average Bonchev–Trinajstić information content (AvgIpc) is 3.10. The molecule has 2 fully saturated rings. The van der Waals surface area contributed by atoms with Crippen LogP contribution in [0.15, 0.2) is 48.5 Å². The minimum Gasteiger partial charge on any atom is -0.353 e. The molecular weight excluding hydrogens is 390 g/mol. The fourth-order valence-corrected chi connectivity index (χ4v) is 4.39. The van der Waals surface area contributed by atoms with E-state index in [0.717, 1.165) is 19.3 Å². The Kier molecular flexibility index (Phi) is 5.81. The van der Waals surface area contributed by atoms with Crippen molar-refractivity contribution in [2.24, 2.45) is 0 Å². The molecule has 4 rings (SSSR count). The zero-order valence-electron chi connectivity index (χ0n) is 16.6. The number of amides is 2. The first-order valence-corrected chi connectivity index (χ1v) is 10.2. The predicted molar refractivity (Wildman–Crippen MR) is 106 cm³/mol. The fraction of sp³-hybridized carbons (Fsp3) is 0.391. The van der Waals surface area contributed by atoms with E-state index in [1.165, 1.54) is 35.2 Å². The first-order chi connectivity index (χ1) is 14.5. The van der Waals surface area contributed by atoms with Crippen molar-refractivity contribution in [3.05, 3.63) is 71.3 Å². The third kappa shape index (κ3) is 4.07. The molecule has 30 heavy (non-hydrogen) atoms. The molecule has 5 nitrogen and oxygen atoms in total. The lowest BCUT2D eigenvalue weighted by atomic mass is 9.89. The number of nitrogens with zero attached hydrogens (tertiary/aromatic N) is 1. The molecule has 1 spiro atoms. The number of carbonyl (C=O) groups excluding carboxylic acids is 2. The predicted octanol–water partition coefficient (Wildman–Crippen LogP) is 3.78. The van der Waals surface area contributed by atoms with Gasteiger partial charge >= 0.3 is 0 Å². The summed E-state index contributed by atoms with van der Waals surface area (Å²) in [5.41, 5.74) is -0.0336. The molecule has 2 aliphatic rings. The summed E-state index contributed by atoms with van der Waals surface area (Å²) in [6, 6.07) is 10.6. The molecule has 1 aliphatic carbocycles. The number of ether oxygens (including phenoxy) is 1. The topological polar surface area (TPSA) is 58.6 Å². The zero-order valence-corrected chi connectivity index (χ0v) is 16.6. The number of halogens is 2. The van der Waals surface area contributed by atoms with Crippen LogP contribution in [0, 0.1) is 11.6 Å². The normalized spacial score (nSPS) is 20.3. The van der Waals surface area contributed by atoms with E-state index in [1.54, 1.807) is 18.2 Å². The van der Waals surface area contributed by atoms with Crippen LogP contribution in [-0.2, 0) is 16.1 Å². The Bertz CT molecular complexity index is 944. The molecule has 0 radical (unpaired) electrons. The molecule has 1 heterocycles. The third-order valence-corrected chi connectivity index (χ3v) is 5.84. The molecule has 1 saturated carbocycles. The Labute approximate surface area is 174 Å². The Morgan fingerprint density at radius 2 is 1.73 bits per heavy atom. The number of nitrogens with one attached hydrogen (secondary N) is 1. The van der Waals surface area contributed by atoms with Crippen molar-refractivity contribution in [3.63, 3.8) is 0 Å². The smallest absolute Gasteiger partial charge is 0.256 e. The highest BCUT2D eigenvalue weighted by molar-refractivity contribution is 5.98. The van der Waals surface area contributed by atoms with Crippen molar-refractivity contribution >= 4 is 11.8 Å². The van der Waals surface area contributed by atoms with Gasteiger partial charge in [-0.1, -0.05) is 24.6 Å². The van der Waals surface area contributed by atoms with Crippen molar-refractivity contribution in [2.75, 3.05) is 6.61 Å². The molecule has 158 valence electrons. The van der Waals surface area contributed by atoms with Gasteiger partial charge in [-0.05, 0) is 61.6 Å². The van der Waals surface area contributed by atoms with Gasteiger partial charge in [0.2, 0.25) is 5.91 Å². The van der Waals surface area contributed by atoms with Gasteiger partial charge in [-0.15, -0.1) is 0 Å². The van der Waals surface area contributed by atoms with Crippen LogP contribution >= 0.6 is 0 Å². The highest BCUT2D eigenvalue weighted by Gasteiger charge is 2.52. The van der Waals surface area contributed by atoms with Gasteiger partial charge in [-0.25, -0.2) is 8.78 Å². The van der Waals surface area contributed by atoms with Crippen molar-refractivity contribution in [1.82, 2.24) is 10.2 Å². The standard InChI is InChI=1S/C23H24F2N2O3/c24-18-8-4-6-16(12-18)14-26-21(28)20-15-30-23(10-2-1-3-11-23)27(20)22(29)17-7-5-9-19(25)13-17/h4-9,12-13,20H,1-3,10-11,14-15H2,(H,26,28). The molecule has 7 heteroatoms. The molecule has 1 N–H and O–H groups in total. The van der Waals surface area contributed by atoms with Gasteiger partial charge in [0.05, 0.1) is 6.61 Å².